The summed E-state index contributed by atoms with van der Waals surface area (Å²) in [5, 5.41) is 0.463. The number of sulfonamides is 1. The summed E-state index contributed by atoms with van der Waals surface area (Å²) in [5.74, 6) is -1.50. The second kappa shape index (κ2) is 13.6. The Morgan fingerprint density at radius 1 is 1.07 bits per heavy atom. The number of likely N-dealkylation sites (N-methyl/N-ethyl adjacent to an activating group) is 1. The third-order valence-corrected chi connectivity index (χ3v) is 11.7. The van der Waals surface area contributed by atoms with Gasteiger partial charge in [-0.3, -0.25) is 4.57 Å². The van der Waals surface area contributed by atoms with Crippen molar-refractivity contribution in [1.29, 1.82) is 0 Å². The number of ether oxygens (including phenoxy) is 1. The molecule has 0 radical (unpaired) electrons. The molecule has 0 spiro atoms. The number of halogens is 4. The van der Waals surface area contributed by atoms with Gasteiger partial charge in [-0.2, -0.15) is 4.31 Å². The molecule has 0 amide bonds. The van der Waals surface area contributed by atoms with Gasteiger partial charge in [-0.15, -0.1) is 0 Å². The highest BCUT2D eigenvalue weighted by atomic mass is 35.5. The van der Waals surface area contributed by atoms with E-state index in [-0.39, 0.29) is 33.0 Å². The number of aromatic nitrogens is 2. The summed E-state index contributed by atoms with van der Waals surface area (Å²) in [6.07, 6.45) is 3.27. The predicted molar refractivity (Wildman–Crippen MR) is 175 cm³/mol. The van der Waals surface area contributed by atoms with Gasteiger partial charge in [-0.05, 0) is 81.0 Å². The molecule has 1 aliphatic rings. The van der Waals surface area contributed by atoms with Crippen molar-refractivity contribution in [3.8, 4) is 11.4 Å². The smallest absolute Gasteiger partial charge is 0.243 e. The minimum Gasteiger partial charge on any atom is -0.494 e. The lowest BCUT2D eigenvalue weighted by molar-refractivity contribution is 0.190. The van der Waals surface area contributed by atoms with E-state index < -0.39 is 32.9 Å². The molecule has 0 bridgehead atoms. The van der Waals surface area contributed by atoms with Crippen LogP contribution in [0.15, 0.2) is 70.8 Å². The van der Waals surface area contributed by atoms with Gasteiger partial charge in [-0.1, -0.05) is 43.3 Å². The largest absolute Gasteiger partial charge is 0.494 e. The number of hydrogen-bond acceptors (Lipinski definition) is 6. The summed E-state index contributed by atoms with van der Waals surface area (Å²) >= 11 is 7.74. The highest BCUT2D eigenvalue weighted by Gasteiger charge is 2.33. The van der Waals surface area contributed by atoms with Crippen LogP contribution in [0.1, 0.15) is 43.5 Å². The Morgan fingerprint density at radius 3 is 2.43 bits per heavy atom. The summed E-state index contributed by atoms with van der Waals surface area (Å²) in [6.45, 7) is 4.58. The molecule has 2 heterocycles. The van der Waals surface area contributed by atoms with Gasteiger partial charge in [0.25, 0.3) is 0 Å². The zero-order valence-electron chi connectivity index (χ0n) is 26.2. The second-order valence-corrected chi connectivity index (χ2v) is 15.3. The van der Waals surface area contributed by atoms with E-state index in [1.54, 1.807) is 30.5 Å². The normalized spacial score (nSPS) is 16.3. The van der Waals surface area contributed by atoms with Gasteiger partial charge in [0.2, 0.25) is 10.0 Å². The van der Waals surface area contributed by atoms with Crippen LogP contribution < -0.4 is 4.74 Å². The fraction of sp³-hybridized carbons (Fsp3) is 0.364. The molecule has 4 aromatic rings. The molecule has 1 atom stereocenters. The zero-order chi connectivity index (χ0) is 33.4. The summed E-state index contributed by atoms with van der Waals surface area (Å²) in [6, 6.07) is 12.9. The molecule has 1 aromatic heterocycles. The van der Waals surface area contributed by atoms with Gasteiger partial charge in [0.1, 0.15) is 11.6 Å². The van der Waals surface area contributed by atoms with E-state index in [4.69, 9.17) is 16.3 Å². The number of nitrogens with zero attached hydrogens (tertiary/aromatic N) is 4. The SMILES string of the molecule is COc1cc(C(C)(C)c2cnc(SCc3c(F)cc(S(=O)(=O)N4CCCC(N(C)C)C4)cc3Cl)n2-c2ccc(F)cc2)ccc1F. The van der Waals surface area contributed by atoms with Crippen LogP contribution >= 0.6 is 23.4 Å². The summed E-state index contributed by atoms with van der Waals surface area (Å²) in [4.78, 5) is 6.44. The first kappa shape index (κ1) is 34.3. The van der Waals surface area contributed by atoms with Crippen molar-refractivity contribution in [2.75, 3.05) is 34.3 Å². The van der Waals surface area contributed by atoms with Crippen LogP contribution in [0, 0.1) is 17.5 Å². The molecule has 246 valence electrons. The van der Waals surface area contributed by atoms with Gasteiger partial charge in [0.15, 0.2) is 16.7 Å². The Balaban J connectivity index is 1.47. The number of rotatable bonds is 10. The van der Waals surface area contributed by atoms with Gasteiger partial charge < -0.3 is 9.64 Å². The van der Waals surface area contributed by atoms with E-state index in [1.165, 1.54) is 47.4 Å². The number of piperidine rings is 1. The molecule has 0 saturated carbocycles. The lowest BCUT2D eigenvalue weighted by atomic mass is 9.81. The average molecular weight is 693 g/mol. The first-order chi connectivity index (χ1) is 21.7. The van der Waals surface area contributed by atoms with Crippen molar-refractivity contribution in [3.63, 3.8) is 0 Å². The molecule has 1 aliphatic heterocycles. The lowest BCUT2D eigenvalue weighted by Gasteiger charge is -2.35. The van der Waals surface area contributed by atoms with Crippen LogP contribution in [0.2, 0.25) is 5.02 Å². The monoisotopic (exact) mass is 692 g/mol. The van der Waals surface area contributed by atoms with Crippen LogP contribution in [0.5, 0.6) is 5.75 Å². The molecule has 3 aromatic carbocycles. The maximum absolute atomic E-state index is 15.6. The number of hydrogen-bond donors (Lipinski definition) is 0. The first-order valence-electron chi connectivity index (χ1n) is 14.7. The lowest BCUT2D eigenvalue weighted by Crippen LogP contribution is -2.47. The first-order valence-corrected chi connectivity index (χ1v) is 17.5. The van der Waals surface area contributed by atoms with Crippen molar-refractivity contribution in [2.45, 2.75) is 54.0 Å². The van der Waals surface area contributed by atoms with Crippen LogP contribution in [0.3, 0.4) is 0 Å². The molecule has 1 saturated heterocycles. The summed E-state index contributed by atoms with van der Waals surface area (Å²) < 4.78 is 79.1. The number of thioether (sulfide) groups is 1. The van der Waals surface area contributed by atoms with Crippen molar-refractivity contribution in [2.24, 2.45) is 0 Å². The topological polar surface area (TPSA) is 67.7 Å². The average Bonchev–Trinajstić information content (AvgIpc) is 3.46. The fourth-order valence-corrected chi connectivity index (χ4v) is 8.63. The van der Waals surface area contributed by atoms with Crippen LogP contribution in [0.4, 0.5) is 13.2 Å². The number of imidazole rings is 1. The van der Waals surface area contributed by atoms with Crippen molar-refractivity contribution < 1.29 is 26.3 Å². The van der Waals surface area contributed by atoms with Crippen LogP contribution in [-0.2, 0) is 21.2 Å². The quantitative estimate of drug-likeness (QED) is 0.163. The van der Waals surface area contributed by atoms with Crippen LogP contribution in [-0.4, -0.2) is 67.5 Å². The van der Waals surface area contributed by atoms with Gasteiger partial charge in [0.05, 0.1) is 23.9 Å². The maximum Gasteiger partial charge on any atom is 0.243 e. The third-order valence-electron chi connectivity index (χ3n) is 8.51. The molecule has 0 aliphatic carbocycles. The summed E-state index contributed by atoms with van der Waals surface area (Å²) in [7, 11) is 1.26. The summed E-state index contributed by atoms with van der Waals surface area (Å²) in [5.41, 5.74) is 1.49. The van der Waals surface area contributed by atoms with E-state index in [0.29, 0.717) is 36.0 Å². The second-order valence-electron chi connectivity index (χ2n) is 12.0. The Morgan fingerprint density at radius 2 is 1.78 bits per heavy atom. The van der Waals surface area contributed by atoms with Gasteiger partial charge in [-0.25, -0.2) is 26.6 Å². The maximum atomic E-state index is 15.6. The molecule has 1 unspecified atom stereocenters. The molecule has 46 heavy (non-hydrogen) atoms. The van der Waals surface area contributed by atoms with Crippen LogP contribution in [0.25, 0.3) is 5.69 Å². The molecule has 5 rings (SSSR count). The molecule has 1 fully saturated rings. The Hall–Kier alpha value is -3.03. The van der Waals surface area contributed by atoms with Crippen molar-refractivity contribution in [1.82, 2.24) is 18.8 Å². The van der Waals surface area contributed by atoms with Crippen molar-refractivity contribution >= 4 is 33.4 Å². The molecule has 7 nitrogen and oxygen atoms in total. The van der Waals surface area contributed by atoms with E-state index >= 15 is 4.39 Å². The Bertz CT molecular complexity index is 1810. The van der Waals surface area contributed by atoms with Gasteiger partial charge >= 0.3 is 0 Å². The van der Waals surface area contributed by atoms with E-state index in [2.05, 4.69) is 4.98 Å². The zero-order valence-corrected chi connectivity index (χ0v) is 28.6. The molecular weight excluding hydrogens is 657 g/mol. The van der Waals surface area contributed by atoms with Gasteiger partial charge in [0, 0.05) is 46.6 Å². The van der Waals surface area contributed by atoms with E-state index in [9.17, 15) is 17.2 Å². The Labute approximate surface area is 277 Å². The highest BCUT2D eigenvalue weighted by Crippen LogP contribution is 2.39. The van der Waals surface area contributed by atoms with E-state index in [0.717, 1.165) is 18.1 Å². The molecular formula is C33H36ClF3N4O3S2. The van der Waals surface area contributed by atoms with Crippen molar-refractivity contribution in [3.05, 3.63) is 100 Å². The standard InChI is InChI=1S/C33H36ClF3N4O3S2/c1-33(2,21-8-13-28(36)30(15-21)44-5)31-18-38-32(41(31)23-11-9-22(35)10-12-23)45-20-26-27(34)16-25(17-29(26)37)46(42,43)40-14-6-7-24(19-40)39(3)4/h8-13,15-18,24H,6-7,14,19-20H2,1-5H3. The minimum absolute atomic E-state index is 0.00825. The minimum atomic E-state index is -3.95. The Kier molecular flexibility index (Phi) is 10.1. The number of methoxy groups -OCH3 is 1. The predicted octanol–water partition coefficient (Wildman–Crippen LogP) is 7.28. The highest BCUT2D eigenvalue weighted by molar-refractivity contribution is 7.98. The molecule has 0 N–H and O–H groups in total. The fourth-order valence-electron chi connectivity index (χ4n) is 5.63. The molecule has 13 heteroatoms. The van der Waals surface area contributed by atoms with E-state index in [1.807, 2.05) is 37.4 Å². The third kappa shape index (κ3) is 6.82. The number of benzene rings is 3.